The van der Waals surface area contributed by atoms with Gasteiger partial charge in [-0.2, -0.15) is 0 Å². The van der Waals surface area contributed by atoms with E-state index >= 15 is 0 Å². The molecule has 1 aliphatic carbocycles. The number of hydrogen-bond donors (Lipinski definition) is 1. The first kappa shape index (κ1) is 16.6. The van der Waals surface area contributed by atoms with Crippen molar-refractivity contribution < 1.29 is 9.53 Å². The molecule has 0 aliphatic heterocycles. The summed E-state index contributed by atoms with van der Waals surface area (Å²) in [6, 6.07) is 15.1. The summed E-state index contributed by atoms with van der Waals surface area (Å²) in [5.74, 6) is 0. The van der Waals surface area contributed by atoms with Crippen LogP contribution in [-0.4, -0.2) is 6.09 Å². The summed E-state index contributed by atoms with van der Waals surface area (Å²) < 4.78 is 5.27. The smallest absolute Gasteiger partial charge is 0.405 e. The minimum Gasteiger partial charge on any atom is -0.442 e. The number of rotatable bonds is 2. The van der Waals surface area contributed by atoms with Crippen molar-refractivity contribution in [1.82, 2.24) is 0 Å². The van der Waals surface area contributed by atoms with Gasteiger partial charge in [-0.25, -0.2) is 4.79 Å². The highest BCUT2D eigenvalue weighted by atomic mass is 16.6. The first-order chi connectivity index (χ1) is 11.3. The minimum absolute atomic E-state index is 0.130. The third-order valence-corrected chi connectivity index (χ3v) is 4.72. The second-order valence-corrected chi connectivity index (χ2v) is 7.56. The lowest BCUT2D eigenvalue weighted by Gasteiger charge is -2.25. The molecule has 1 atom stereocenters. The van der Waals surface area contributed by atoms with Gasteiger partial charge in [0.05, 0.1) is 0 Å². The van der Waals surface area contributed by atoms with Crippen LogP contribution >= 0.6 is 0 Å². The van der Waals surface area contributed by atoms with Crippen LogP contribution in [0, 0.1) is 0 Å². The Morgan fingerprint density at radius 1 is 1.12 bits per heavy atom. The molecule has 0 aromatic heterocycles. The highest BCUT2D eigenvalue weighted by Gasteiger charge is 2.23. The van der Waals surface area contributed by atoms with Crippen molar-refractivity contribution in [3.8, 4) is 11.1 Å². The van der Waals surface area contributed by atoms with Crippen LogP contribution in [0.15, 0.2) is 42.5 Å². The van der Waals surface area contributed by atoms with Crippen LogP contribution in [-0.2, 0) is 16.6 Å². The summed E-state index contributed by atoms with van der Waals surface area (Å²) in [7, 11) is 0. The molecule has 1 unspecified atom stereocenters. The van der Waals surface area contributed by atoms with Crippen LogP contribution in [0.2, 0.25) is 0 Å². The largest absolute Gasteiger partial charge is 0.442 e. The number of amides is 1. The summed E-state index contributed by atoms with van der Waals surface area (Å²) in [5.41, 5.74) is 11.4. The Kier molecular flexibility index (Phi) is 4.35. The number of nitrogens with two attached hydrogens (primary N) is 1. The van der Waals surface area contributed by atoms with Gasteiger partial charge in [0.2, 0.25) is 0 Å². The maximum atomic E-state index is 11.1. The Balaban J connectivity index is 1.96. The Labute approximate surface area is 143 Å². The predicted molar refractivity (Wildman–Crippen MR) is 96.9 cm³/mol. The van der Waals surface area contributed by atoms with E-state index in [9.17, 15) is 4.79 Å². The zero-order valence-corrected chi connectivity index (χ0v) is 14.6. The van der Waals surface area contributed by atoms with Gasteiger partial charge in [0.1, 0.15) is 6.10 Å². The maximum absolute atomic E-state index is 11.1. The van der Waals surface area contributed by atoms with Crippen LogP contribution in [0.4, 0.5) is 4.79 Å². The van der Waals surface area contributed by atoms with Gasteiger partial charge in [0.25, 0.3) is 0 Å². The molecule has 2 aromatic carbocycles. The van der Waals surface area contributed by atoms with Gasteiger partial charge in [-0.3, -0.25) is 0 Å². The SMILES string of the molecule is CC(C)(C)c1cccc(-c2ccc3c(c2)CCCC3OC(N)=O)c1. The Morgan fingerprint density at radius 3 is 2.58 bits per heavy atom. The van der Waals surface area contributed by atoms with Crippen molar-refractivity contribution in [3.63, 3.8) is 0 Å². The van der Waals surface area contributed by atoms with Crippen LogP contribution in [0.25, 0.3) is 11.1 Å². The van der Waals surface area contributed by atoms with Gasteiger partial charge >= 0.3 is 6.09 Å². The van der Waals surface area contributed by atoms with Crippen molar-refractivity contribution in [2.45, 2.75) is 51.6 Å². The van der Waals surface area contributed by atoms with Crippen molar-refractivity contribution in [3.05, 3.63) is 59.2 Å². The van der Waals surface area contributed by atoms with E-state index in [0.717, 1.165) is 24.8 Å². The van der Waals surface area contributed by atoms with E-state index in [-0.39, 0.29) is 11.5 Å². The molecule has 24 heavy (non-hydrogen) atoms. The standard InChI is InChI=1S/C21H25NO2/c1-21(2,3)17-8-4-6-14(13-17)15-10-11-18-16(12-15)7-5-9-19(18)24-20(22)23/h4,6,8,10-13,19H,5,7,9H2,1-3H3,(H2,22,23). The summed E-state index contributed by atoms with van der Waals surface area (Å²) in [6.07, 6.45) is 1.96. The Hall–Kier alpha value is -2.29. The molecule has 0 spiro atoms. The molecule has 3 rings (SSSR count). The summed E-state index contributed by atoms with van der Waals surface area (Å²) in [6.45, 7) is 6.68. The molecular formula is C21H25NO2. The van der Waals surface area contributed by atoms with E-state index in [1.165, 1.54) is 22.3 Å². The molecule has 0 radical (unpaired) electrons. The average Bonchev–Trinajstić information content (AvgIpc) is 2.53. The van der Waals surface area contributed by atoms with Crippen LogP contribution in [0.5, 0.6) is 0 Å². The molecule has 0 heterocycles. The van der Waals surface area contributed by atoms with E-state index in [0.29, 0.717) is 0 Å². The molecule has 0 fully saturated rings. The number of benzene rings is 2. The number of aryl methyl sites for hydroxylation is 1. The molecule has 0 saturated heterocycles. The molecule has 1 aliphatic rings. The highest BCUT2D eigenvalue weighted by Crippen LogP contribution is 2.35. The van der Waals surface area contributed by atoms with Crippen LogP contribution < -0.4 is 5.73 Å². The Morgan fingerprint density at radius 2 is 1.88 bits per heavy atom. The quantitative estimate of drug-likeness (QED) is 0.833. The second-order valence-electron chi connectivity index (χ2n) is 7.56. The zero-order valence-electron chi connectivity index (χ0n) is 14.6. The number of fused-ring (bicyclic) bond motifs is 1. The van der Waals surface area contributed by atoms with Crippen molar-refractivity contribution in [2.75, 3.05) is 0 Å². The van der Waals surface area contributed by atoms with Gasteiger partial charge in [0, 0.05) is 0 Å². The number of carbonyl (C=O) groups excluding carboxylic acids is 1. The first-order valence-corrected chi connectivity index (χ1v) is 8.54. The molecule has 0 bridgehead atoms. The number of ether oxygens (including phenoxy) is 1. The van der Waals surface area contributed by atoms with Gasteiger partial charge < -0.3 is 10.5 Å². The summed E-state index contributed by atoms with van der Waals surface area (Å²) >= 11 is 0. The third-order valence-electron chi connectivity index (χ3n) is 4.72. The van der Waals surface area contributed by atoms with Gasteiger partial charge in [-0.15, -0.1) is 0 Å². The molecule has 1 amide bonds. The molecule has 2 aromatic rings. The van der Waals surface area contributed by atoms with Crippen molar-refractivity contribution in [1.29, 1.82) is 0 Å². The maximum Gasteiger partial charge on any atom is 0.405 e. The monoisotopic (exact) mass is 323 g/mol. The fourth-order valence-electron chi connectivity index (χ4n) is 3.38. The van der Waals surface area contributed by atoms with Crippen molar-refractivity contribution in [2.24, 2.45) is 5.73 Å². The first-order valence-electron chi connectivity index (χ1n) is 8.54. The van der Waals surface area contributed by atoms with Crippen molar-refractivity contribution >= 4 is 6.09 Å². The van der Waals surface area contributed by atoms with E-state index in [1.807, 2.05) is 0 Å². The normalized spacial score (nSPS) is 17.2. The molecular weight excluding hydrogens is 298 g/mol. The lowest BCUT2D eigenvalue weighted by Crippen LogP contribution is -2.20. The number of primary amides is 1. The molecule has 0 saturated carbocycles. The van der Waals surface area contributed by atoms with Gasteiger partial charge in [-0.1, -0.05) is 63.2 Å². The van der Waals surface area contributed by atoms with Gasteiger partial charge in [-0.05, 0) is 52.5 Å². The predicted octanol–water partition coefficient (Wildman–Crippen LogP) is 5.12. The molecule has 2 N–H and O–H groups in total. The average molecular weight is 323 g/mol. The third kappa shape index (κ3) is 3.45. The topological polar surface area (TPSA) is 52.3 Å². The molecule has 3 nitrogen and oxygen atoms in total. The molecule has 3 heteroatoms. The van der Waals surface area contributed by atoms with E-state index in [2.05, 4.69) is 63.2 Å². The zero-order chi connectivity index (χ0) is 17.3. The van der Waals surface area contributed by atoms with Gasteiger partial charge in [0.15, 0.2) is 0 Å². The van der Waals surface area contributed by atoms with E-state index < -0.39 is 6.09 Å². The molecule has 126 valence electrons. The highest BCUT2D eigenvalue weighted by molar-refractivity contribution is 5.67. The lowest BCUT2D eigenvalue weighted by atomic mass is 9.84. The van der Waals surface area contributed by atoms with Crippen LogP contribution in [0.1, 0.15) is 56.4 Å². The lowest BCUT2D eigenvalue weighted by molar-refractivity contribution is 0.0959. The fraction of sp³-hybridized carbons (Fsp3) is 0.381. The van der Waals surface area contributed by atoms with Crippen LogP contribution in [0.3, 0.4) is 0 Å². The Bertz CT molecular complexity index is 759. The minimum atomic E-state index is -0.699. The second kappa shape index (κ2) is 6.31. The number of carbonyl (C=O) groups is 1. The van der Waals surface area contributed by atoms with E-state index in [1.54, 1.807) is 0 Å². The fourth-order valence-corrected chi connectivity index (χ4v) is 3.38. The van der Waals surface area contributed by atoms with E-state index in [4.69, 9.17) is 10.5 Å². The summed E-state index contributed by atoms with van der Waals surface area (Å²) in [5, 5.41) is 0. The number of hydrogen-bond acceptors (Lipinski definition) is 2. The summed E-state index contributed by atoms with van der Waals surface area (Å²) in [4.78, 5) is 11.1.